The third-order valence-corrected chi connectivity index (χ3v) is 7.45. The number of furan rings is 1. The molecule has 0 radical (unpaired) electrons. The van der Waals surface area contributed by atoms with E-state index in [2.05, 4.69) is 27.4 Å². The van der Waals surface area contributed by atoms with Crippen molar-refractivity contribution in [3.63, 3.8) is 0 Å². The molecule has 2 aromatic heterocycles. The highest BCUT2D eigenvalue weighted by Crippen LogP contribution is 2.23. The summed E-state index contributed by atoms with van der Waals surface area (Å²) in [7, 11) is 0. The van der Waals surface area contributed by atoms with Gasteiger partial charge in [-0.25, -0.2) is 0 Å². The van der Waals surface area contributed by atoms with E-state index in [-0.39, 0.29) is 23.8 Å². The molecule has 2 aromatic carbocycles. The first-order valence-electron chi connectivity index (χ1n) is 13.9. The number of piperazine rings is 1. The van der Waals surface area contributed by atoms with Crippen LogP contribution in [-0.2, 0) is 29.2 Å². The highest BCUT2D eigenvalue weighted by atomic mass is 16.3. The van der Waals surface area contributed by atoms with Gasteiger partial charge in [0.2, 0.25) is 11.8 Å². The average molecular weight is 540 g/mol. The number of amides is 2. The number of rotatable bonds is 9. The van der Waals surface area contributed by atoms with Crippen molar-refractivity contribution in [2.75, 3.05) is 13.1 Å². The van der Waals surface area contributed by atoms with E-state index in [9.17, 15) is 9.59 Å². The maximum absolute atomic E-state index is 13.6. The molecular formula is C32H37N5O3. The summed E-state index contributed by atoms with van der Waals surface area (Å²) in [6.45, 7) is 8.77. The van der Waals surface area contributed by atoms with Gasteiger partial charge in [-0.05, 0) is 41.8 Å². The second kappa shape index (κ2) is 12.3. The molecule has 1 N–H and O–H groups in total. The maximum atomic E-state index is 13.6. The Morgan fingerprint density at radius 2 is 1.73 bits per heavy atom. The van der Waals surface area contributed by atoms with E-state index in [0.717, 1.165) is 16.9 Å². The van der Waals surface area contributed by atoms with Gasteiger partial charge >= 0.3 is 0 Å². The van der Waals surface area contributed by atoms with Crippen LogP contribution in [0.3, 0.4) is 0 Å². The summed E-state index contributed by atoms with van der Waals surface area (Å²) in [6, 6.07) is 21.3. The van der Waals surface area contributed by atoms with Crippen LogP contribution in [0.2, 0.25) is 0 Å². The monoisotopic (exact) mass is 539 g/mol. The minimum absolute atomic E-state index is 0.00850. The first-order valence-corrected chi connectivity index (χ1v) is 13.9. The van der Waals surface area contributed by atoms with Gasteiger partial charge in [0.05, 0.1) is 12.8 Å². The van der Waals surface area contributed by atoms with E-state index in [1.807, 2.05) is 86.2 Å². The summed E-state index contributed by atoms with van der Waals surface area (Å²) in [5.74, 6) is 0.494. The van der Waals surface area contributed by atoms with Crippen molar-refractivity contribution in [3.05, 3.63) is 102 Å². The van der Waals surface area contributed by atoms with Crippen molar-refractivity contribution >= 4 is 11.8 Å². The smallest absolute Gasteiger partial charge is 0.244 e. The average Bonchev–Trinajstić information content (AvgIpc) is 3.67. The molecule has 2 amide bonds. The minimum atomic E-state index is -0.570. The zero-order chi connectivity index (χ0) is 28.1. The largest absolute Gasteiger partial charge is 0.464 e. The van der Waals surface area contributed by atoms with Crippen molar-refractivity contribution in [2.24, 2.45) is 5.92 Å². The standard InChI is InChI=1S/C32H37N5O3/c1-23(2)32(39)37-24(3)19-35(20-27-8-4-5-9-28(27)21-36-16-7-15-34-36)22-29(37)31(38)33-18-25-11-13-26(14-12-25)30-10-6-17-40-30/h4-17,23-24,29H,18-22H2,1-3H3,(H,33,38). The molecule has 2 unspecified atom stereocenters. The molecule has 0 saturated carbocycles. The lowest BCUT2D eigenvalue weighted by Gasteiger charge is -2.45. The fourth-order valence-electron chi connectivity index (χ4n) is 5.40. The van der Waals surface area contributed by atoms with E-state index in [1.54, 1.807) is 17.4 Å². The van der Waals surface area contributed by atoms with Gasteiger partial charge in [0, 0.05) is 56.1 Å². The molecule has 1 aliphatic heterocycles. The molecule has 4 aromatic rings. The second-order valence-corrected chi connectivity index (χ2v) is 10.8. The molecule has 0 spiro atoms. The lowest BCUT2D eigenvalue weighted by molar-refractivity contribution is -0.150. The van der Waals surface area contributed by atoms with Crippen molar-refractivity contribution in [2.45, 2.75) is 52.5 Å². The Morgan fingerprint density at radius 1 is 0.975 bits per heavy atom. The first kappa shape index (κ1) is 27.4. The second-order valence-electron chi connectivity index (χ2n) is 10.8. The highest BCUT2D eigenvalue weighted by Gasteiger charge is 2.40. The summed E-state index contributed by atoms with van der Waals surface area (Å²) in [5, 5.41) is 7.46. The van der Waals surface area contributed by atoms with Gasteiger partial charge in [-0.15, -0.1) is 0 Å². The predicted molar refractivity (Wildman–Crippen MR) is 154 cm³/mol. The molecule has 1 saturated heterocycles. The maximum Gasteiger partial charge on any atom is 0.244 e. The number of carbonyl (C=O) groups is 2. The van der Waals surface area contributed by atoms with Crippen LogP contribution in [0, 0.1) is 5.92 Å². The Labute approximate surface area is 235 Å². The molecule has 3 heterocycles. The van der Waals surface area contributed by atoms with Gasteiger partial charge in [-0.3, -0.25) is 19.2 Å². The molecule has 1 aliphatic rings. The van der Waals surface area contributed by atoms with Gasteiger partial charge < -0.3 is 14.6 Å². The molecule has 5 rings (SSSR count). The van der Waals surface area contributed by atoms with Gasteiger partial charge in [0.15, 0.2) is 0 Å². The van der Waals surface area contributed by atoms with Crippen LogP contribution in [-0.4, -0.2) is 56.6 Å². The summed E-state index contributed by atoms with van der Waals surface area (Å²) in [4.78, 5) is 31.0. The van der Waals surface area contributed by atoms with E-state index in [1.165, 1.54) is 11.1 Å². The van der Waals surface area contributed by atoms with Crippen LogP contribution in [0.15, 0.2) is 89.8 Å². The highest BCUT2D eigenvalue weighted by molar-refractivity contribution is 5.89. The van der Waals surface area contributed by atoms with E-state index < -0.39 is 6.04 Å². The van der Waals surface area contributed by atoms with Crippen molar-refractivity contribution in [1.29, 1.82) is 0 Å². The van der Waals surface area contributed by atoms with Crippen LogP contribution in [0.1, 0.15) is 37.5 Å². The van der Waals surface area contributed by atoms with Crippen LogP contribution >= 0.6 is 0 Å². The molecule has 0 bridgehead atoms. The SMILES string of the molecule is CC(C)C(=O)N1C(C)CN(Cc2ccccc2Cn2cccn2)CC1C(=O)NCc1ccc(-c2ccco2)cc1. The molecule has 1 fully saturated rings. The number of hydrogen-bond acceptors (Lipinski definition) is 5. The summed E-state index contributed by atoms with van der Waals surface area (Å²) < 4.78 is 7.38. The third-order valence-electron chi connectivity index (χ3n) is 7.45. The number of hydrogen-bond donors (Lipinski definition) is 1. The fraction of sp³-hybridized carbons (Fsp3) is 0.344. The number of nitrogens with one attached hydrogen (secondary N) is 1. The van der Waals surface area contributed by atoms with E-state index in [4.69, 9.17) is 4.42 Å². The Bertz CT molecular complexity index is 1400. The number of benzene rings is 2. The van der Waals surface area contributed by atoms with Gasteiger partial charge in [-0.2, -0.15) is 5.10 Å². The van der Waals surface area contributed by atoms with Crippen molar-refractivity contribution in [1.82, 2.24) is 24.9 Å². The van der Waals surface area contributed by atoms with Crippen LogP contribution in [0.4, 0.5) is 0 Å². The number of nitrogens with zero attached hydrogens (tertiary/aromatic N) is 4. The van der Waals surface area contributed by atoms with Gasteiger partial charge in [-0.1, -0.05) is 62.4 Å². The first-order chi connectivity index (χ1) is 19.4. The van der Waals surface area contributed by atoms with Crippen LogP contribution in [0.25, 0.3) is 11.3 Å². The van der Waals surface area contributed by atoms with Crippen molar-refractivity contribution in [3.8, 4) is 11.3 Å². The predicted octanol–water partition coefficient (Wildman–Crippen LogP) is 4.57. The minimum Gasteiger partial charge on any atom is -0.464 e. The lowest BCUT2D eigenvalue weighted by Crippen LogP contribution is -2.64. The number of aromatic nitrogens is 2. The zero-order valence-corrected chi connectivity index (χ0v) is 23.4. The molecule has 208 valence electrons. The van der Waals surface area contributed by atoms with Crippen molar-refractivity contribution < 1.29 is 14.0 Å². The van der Waals surface area contributed by atoms with Gasteiger partial charge in [0.1, 0.15) is 11.8 Å². The molecule has 8 heteroatoms. The lowest BCUT2D eigenvalue weighted by atomic mass is 10.0. The number of carbonyl (C=O) groups excluding carboxylic acids is 2. The Morgan fingerprint density at radius 3 is 2.38 bits per heavy atom. The Balaban J connectivity index is 1.29. The molecule has 8 nitrogen and oxygen atoms in total. The fourth-order valence-corrected chi connectivity index (χ4v) is 5.40. The summed E-state index contributed by atoms with van der Waals surface area (Å²) >= 11 is 0. The van der Waals surface area contributed by atoms with Gasteiger partial charge in [0.25, 0.3) is 0 Å². The van der Waals surface area contributed by atoms with Crippen LogP contribution in [0.5, 0.6) is 0 Å². The Kier molecular flexibility index (Phi) is 8.45. The molecule has 2 atom stereocenters. The van der Waals surface area contributed by atoms with Crippen LogP contribution < -0.4 is 5.32 Å². The zero-order valence-electron chi connectivity index (χ0n) is 23.4. The molecular weight excluding hydrogens is 502 g/mol. The summed E-state index contributed by atoms with van der Waals surface area (Å²) in [5.41, 5.74) is 4.36. The summed E-state index contributed by atoms with van der Waals surface area (Å²) in [6.07, 6.45) is 5.40. The molecule has 40 heavy (non-hydrogen) atoms. The van der Waals surface area contributed by atoms with E-state index in [0.29, 0.717) is 32.7 Å². The van der Waals surface area contributed by atoms with E-state index >= 15 is 0 Å². The molecule has 0 aliphatic carbocycles. The third kappa shape index (κ3) is 6.34. The topological polar surface area (TPSA) is 83.6 Å². The normalized spacial score (nSPS) is 17.8. The Hall–Kier alpha value is -4.17. The quantitative estimate of drug-likeness (QED) is 0.337.